The first-order valence-corrected chi connectivity index (χ1v) is 9.50. The Labute approximate surface area is 137 Å². The Morgan fingerprint density at radius 3 is 2.48 bits per heavy atom. The van der Waals surface area contributed by atoms with Crippen LogP contribution in [0.15, 0.2) is 47.6 Å². The summed E-state index contributed by atoms with van der Waals surface area (Å²) >= 11 is 0. The molecule has 1 aliphatic rings. The summed E-state index contributed by atoms with van der Waals surface area (Å²) in [5.74, 6) is 0.896. The number of anilines is 1. The number of nitrogens with zero attached hydrogens (tertiary/aromatic N) is 3. The molecule has 6 heteroatoms. The van der Waals surface area contributed by atoms with Gasteiger partial charge in [0.25, 0.3) is 0 Å². The van der Waals surface area contributed by atoms with Crippen molar-refractivity contribution in [2.45, 2.75) is 36.3 Å². The van der Waals surface area contributed by atoms with Crippen LogP contribution in [0, 0.1) is 0 Å². The van der Waals surface area contributed by atoms with E-state index in [-0.39, 0.29) is 5.25 Å². The molecule has 0 unspecified atom stereocenters. The number of rotatable bonds is 4. The van der Waals surface area contributed by atoms with Crippen molar-refractivity contribution < 1.29 is 8.42 Å². The topological polar surface area (TPSA) is 63.2 Å². The van der Waals surface area contributed by atoms with Crippen molar-refractivity contribution >= 4 is 15.7 Å². The van der Waals surface area contributed by atoms with E-state index in [0.29, 0.717) is 30.8 Å². The van der Waals surface area contributed by atoms with Crippen molar-refractivity contribution in [3.05, 3.63) is 48.4 Å². The van der Waals surface area contributed by atoms with Crippen LogP contribution in [-0.4, -0.2) is 36.7 Å². The monoisotopic (exact) mass is 331 g/mol. The van der Waals surface area contributed by atoms with Crippen LogP contribution in [0.3, 0.4) is 0 Å². The first kappa shape index (κ1) is 15.9. The van der Waals surface area contributed by atoms with Crippen molar-refractivity contribution in [2.24, 2.45) is 0 Å². The van der Waals surface area contributed by atoms with Crippen molar-refractivity contribution in [2.75, 3.05) is 18.0 Å². The highest BCUT2D eigenvalue weighted by atomic mass is 32.2. The quantitative estimate of drug-likeness (QED) is 0.861. The van der Waals surface area contributed by atoms with Crippen LogP contribution in [0.2, 0.25) is 0 Å². The van der Waals surface area contributed by atoms with Gasteiger partial charge < -0.3 is 4.90 Å². The third-order valence-corrected chi connectivity index (χ3v) is 6.63. The molecule has 0 atom stereocenters. The van der Waals surface area contributed by atoms with Gasteiger partial charge in [-0.2, -0.15) is 0 Å². The summed E-state index contributed by atoms with van der Waals surface area (Å²) in [6, 6.07) is 10.7. The lowest BCUT2D eigenvalue weighted by atomic mass is 10.1. The van der Waals surface area contributed by atoms with Gasteiger partial charge in [0.1, 0.15) is 12.1 Å². The number of piperidine rings is 1. The smallest absolute Gasteiger partial charge is 0.181 e. The van der Waals surface area contributed by atoms with Gasteiger partial charge in [0.2, 0.25) is 0 Å². The summed E-state index contributed by atoms with van der Waals surface area (Å²) in [4.78, 5) is 11.1. The van der Waals surface area contributed by atoms with Gasteiger partial charge in [-0.05, 0) is 31.4 Å². The number of aryl methyl sites for hydroxylation is 1. The highest BCUT2D eigenvalue weighted by Gasteiger charge is 2.31. The van der Waals surface area contributed by atoms with E-state index in [2.05, 4.69) is 21.8 Å². The molecule has 0 aliphatic carbocycles. The largest absolute Gasteiger partial charge is 0.356 e. The van der Waals surface area contributed by atoms with Crippen LogP contribution in [-0.2, 0) is 16.3 Å². The molecule has 0 spiro atoms. The first-order chi connectivity index (χ1) is 11.1. The second-order valence-electron chi connectivity index (χ2n) is 5.77. The van der Waals surface area contributed by atoms with Gasteiger partial charge in [-0.3, -0.25) is 0 Å². The zero-order chi connectivity index (χ0) is 16.3. The van der Waals surface area contributed by atoms with E-state index in [9.17, 15) is 8.42 Å². The molecule has 23 heavy (non-hydrogen) atoms. The minimum absolute atomic E-state index is 0.311. The fraction of sp³-hybridized carbons (Fsp3) is 0.412. The van der Waals surface area contributed by atoms with E-state index in [4.69, 9.17) is 0 Å². The molecule has 2 aromatic rings. The van der Waals surface area contributed by atoms with Gasteiger partial charge in [-0.1, -0.05) is 25.1 Å². The second kappa shape index (κ2) is 6.66. The molecule has 0 bridgehead atoms. The average molecular weight is 331 g/mol. The predicted molar refractivity (Wildman–Crippen MR) is 90.3 cm³/mol. The van der Waals surface area contributed by atoms with Gasteiger partial charge in [0.15, 0.2) is 9.84 Å². The van der Waals surface area contributed by atoms with E-state index in [1.54, 1.807) is 30.6 Å². The molecular formula is C17H21N3O2S. The van der Waals surface area contributed by atoms with Crippen molar-refractivity contribution in [3.63, 3.8) is 0 Å². The number of aromatic nitrogens is 2. The van der Waals surface area contributed by atoms with Gasteiger partial charge in [0, 0.05) is 24.8 Å². The van der Waals surface area contributed by atoms with Crippen LogP contribution in [0.1, 0.15) is 25.5 Å². The summed E-state index contributed by atoms with van der Waals surface area (Å²) in [6.45, 7) is 3.47. The fourth-order valence-corrected chi connectivity index (χ4v) is 4.70. The SMILES string of the molecule is CCc1cc(N2CCC(S(=O)(=O)c3ccccc3)CC2)ncn1. The zero-order valence-electron chi connectivity index (χ0n) is 13.2. The summed E-state index contributed by atoms with van der Waals surface area (Å²) in [5.41, 5.74) is 1.01. The minimum Gasteiger partial charge on any atom is -0.356 e. The third-order valence-electron chi connectivity index (χ3n) is 4.35. The molecule has 2 heterocycles. The molecule has 1 aromatic heterocycles. The molecule has 0 radical (unpaired) electrons. The van der Waals surface area contributed by atoms with Crippen LogP contribution < -0.4 is 4.90 Å². The number of hydrogen-bond acceptors (Lipinski definition) is 5. The van der Waals surface area contributed by atoms with E-state index in [0.717, 1.165) is 17.9 Å². The molecule has 0 amide bonds. The Morgan fingerprint density at radius 1 is 1.13 bits per heavy atom. The van der Waals surface area contributed by atoms with Gasteiger partial charge in [-0.15, -0.1) is 0 Å². The molecule has 1 fully saturated rings. The molecular weight excluding hydrogens is 310 g/mol. The zero-order valence-corrected chi connectivity index (χ0v) is 14.0. The Morgan fingerprint density at radius 2 is 1.83 bits per heavy atom. The second-order valence-corrected chi connectivity index (χ2v) is 7.99. The third kappa shape index (κ3) is 3.37. The van der Waals surface area contributed by atoms with E-state index in [1.807, 2.05) is 12.1 Å². The first-order valence-electron chi connectivity index (χ1n) is 7.96. The maximum absolute atomic E-state index is 12.7. The standard InChI is InChI=1S/C17H21N3O2S/c1-2-14-12-17(19-13-18-14)20-10-8-16(9-11-20)23(21,22)15-6-4-3-5-7-15/h3-7,12-13,16H,2,8-11H2,1H3. The number of sulfone groups is 1. The summed E-state index contributed by atoms with van der Waals surface area (Å²) < 4.78 is 25.4. The van der Waals surface area contributed by atoms with Crippen molar-refractivity contribution in [1.29, 1.82) is 0 Å². The Bertz CT molecular complexity index is 754. The minimum atomic E-state index is -3.24. The van der Waals surface area contributed by atoms with Gasteiger partial charge >= 0.3 is 0 Å². The molecule has 1 aromatic carbocycles. The number of hydrogen-bond donors (Lipinski definition) is 0. The summed E-state index contributed by atoms with van der Waals surface area (Å²) in [7, 11) is -3.24. The lowest BCUT2D eigenvalue weighted by Crippen LogP contribution is -2.39. The summed E-state index contributed by atoms with van der Waals surface area (Å²) in [6.07, 6.45) is 3.71. The van der Waals surface area contributed by atoms with Crippen LogP contribution in [0.5, 0.6) is 0 Å². The van der Waals surface area contributed by atoms with Crippen LogP contribution in [0.4, 0.5) is 5.82 Å². The summed E-state index contributed by atoms with van der Waals surface area (Å²) in [5, 5.41) is -0.311. The van der Waals surface area contributed by atoms with Crippen LogP contribution >= 0.6 is 0 Å². The fourth-order valence-electron chi connectivity index (χ4n) is 2.95. The highest BCUT2D eigenvalue weighted by molar-refractivity contribution is 7.92. The molecule has 122 valence electrons. The van der Waals surface area contributed by atoms with Crippen LogP contribution in [0.25, 0.3) is 0 Å². The maximum atomic E-state index is 12.7. The van der Waals surface area contributed by atoms with E-state index >= 15 is 0 Å². The van der Waals surface area contributed by atoms with E-state index < -0.39 is 9.84 Å². The highest BCUT2D eigenvalue weighted by Crippen LogP contribution is 2.26. The molecule has 5 nitrogen and oxygen atoms in total. The molecule has 0 N–H and O–H groups in total. The van der Waals surface area contributed by atoms with E-state index in [1.165, 1.54) is 0 Å². The lowest BCUT2D eigenvalue weighted by molar-refractivity contribution is 0.527. The number of benzene rings is 1. The molecule has 0 saturated carbocycles. The Kier molecular flexibility index (Phi) is 4.61. The molecule has 1 aliphatic heterocycles. The maximum Gasteiger partial charge on any atom is 0.181 e. The molecule has 3 rings (SSSR count). The lowest BCUT2D eigenvalue weighted by Gasteiger charge is -2.32. The van der Waals surface area contributed by atoms with Crippen molar-refractivity contribution in [3.8, 4) is 0 Å². The average Bonchev–Trinajstić information content (AvgIpc) is 2.62. The van der Waals surface area contributed by atoms with Gasteiger partial charge in [-0.25, -0.2) is 18.4 Å². The molecule has 1 saturated heterocycles. The predicted octanol–water partition coefficient (Wildman–Crippen LogP) is 2.48. The van der Waals surface area contributed by atoms with Gasteiger partial charge in [0.05, 0.1) is 10.1 Å². The van der Waals surface area contributed by atoms with Crippen molar-refractivity contribution in [1.82, 2.24) is 9.97 Å². The Hall–Kier alpha value is -1.95. The Balaban J connectivity index is 1.71. The normalized spacial score (nSPS) is 16.5.